The minimum atomic E-state index is -1.80. The van der Waals surface area contributed by atoms with Gasteiger partial charge in [0.15, 0.2) is 12.6 Å². The average molecular weight is 753 g/mol. The van der Waals surface area contributed by atoms with Gasteiger partial charge in [0.2, 0.25) is 0 Å². The summed E-state index contributed by atoms with van der Waals surface area (Å²) in [7, 11) is 5.10. The third kappa shape index (κ3) is 10.4. The van der Waals surface area contributed by atoms with Crippen molar-refractivity contribution in [1.82, 2.24) is 10.2 Å². The summed E-state index contributed by atoms with van der Waals surface area (Å²) in [5, 5.41) is 61.0. The minimum absolute atomic E-state index is 0. The number of cyclic esters (lactones) is 1. The van der Waals surface area contributed by atoms with Gasteiger partial charge in [0.25, 0.3) is 0 Å². The lowest BCUT2D eigenvalue weighted by Crippen LogP contribution is -2.60. The van der Waals surface area contributed by atoms with Crippen molar-refractivity contribution in [3.63, 3.8) is 0 Å². The SMILES string of the molecule is CC[C@H]1OC(=O)[C@H](C)C(O[C@H]2C[C@@](C)(OC)[C@@H](O)[C@H](C)O2)[C@H](C)[C@@H](O[C@@H]2O[C@H](C)C[C@H](NC)[C@H]2O)[C@](C)(O)C[C@@H](C)CN(C)[C@H](C)[C@@H](O)[C@]1(C)O.O. The summed E-state index contributed by atoms with van der Waals surface area (Å²) in [6.45, 7) is 18.0. The number of nitrogens with zero attached hydrogens (tertiary/aromatic N) is 1. The highest BCUT2D eigenvalue weighted by molar-refractivity contribution is 5.73. The van der Waals surface area contributed by atoms with Crippen molar-refractivity contribution in [1.29, 1.82) is 0 Å². The molecule has 3 aliphatic heterocycles. The molecule has 0 aromatic heterocycles. The summed E-state index contributed by atoms with van der Waals surface area (Å²) in [6, 6.07) is -0.858. The largest absolute Gasteiger partial charge is 0.459 e. The van der Waals surface area contributed by atoms with Gasteiger partial charge in [0.1, 0.15) is 30.0 Å². The second kappa shape index (κ2) is 18.7. The van der Waals surface area contributed by atoms with E-state index >= 15 is 0 Å². The number of carbonyl (C=O) groups is 1. The van der Waals surface area contributed by atoms with Crippen molar-refractivity contribution < 1.29 is 64.2 Å². The fourth-order valence-electron chi connectivity index (χ4n) is 8.53. The van der Waals surface area contributed by atoms with Crippen LogP contribution in [-0.2, 0) is 33.2 Å². The van der Waals surface area contributed by atoms with E-state index in [0.717, 1.165) is 0 Å². The Kier molecular flexibility index (Phi) is 17.0. The first-order chi connectivity index (χ1) is 23.5. The van der Waals surface area contributed by atoms with E-state index in [0.29, 0.717) is 13.0 Å². The number of methoxy groups -OCH3 is 1. The van der Waals surface area contributed by atoms with Crippen LogP contribution >= 0.6 is 0 Å². The van der Waals surface area contributed by atoms with Gasteiger partial charge in [-0.25, -0.2) is 0 Å². The van der Waals surface area contributed by atoms with Gasteiger partial charge in [-0.15, -0.1) is 0 Å². The predicted octanol–water partition coefficient (Wildman–Crippen LogP) is 0.734. The fourth-order valence-corrected chi connectivity index (χ4v) is 8.53. The van der Waals surface area contributed by atoms with Gasteiger partial charge in [-0.1, -0.05) is 20.8 Å². The van der Waals surface area contributed by atoms with Crippen molar-refractivity contribution in [3.05, 3.63) is 0 Å². The number of carbonyl (C=O) groups excluding carboxylic acids is 1. The van der Waals surface area contributed by atoms with E-state index in [1.54, 1.807) is 48.6 Å². The molecule has 0 saturated carbocycles. The maximum atomic E-state index is 14.2. The van der Waals surface area contributed by atoms with E-state index in [1.165, 1.54) is 14.0 Å². The molecule has 3 rings (SSSR count). The van der Waals surface area contributed by atoms with Crippen LogP contribution in [0.4, 0.5) is 0 Å². The first-order valence-electron chi connectivity index (χ1n) is 18.8. The van der Waals surface area contributed by atoms with E-state index in [2.05, 4.69) is 5.32 Å². The summed E-state index contributed by atoms with van der Waals surface area (Å²) in [5.74, 6) is -2.59. The Labute approximate surface area is 310 Å². The molecule has 0 aliphatic carbocycles. The van der Waals surface area contributed by atoms with Gasteiger partial charge in [-0.3, -0.25) is 4.79 Å². The van der Waals surface area contributed by atoms with Crippen molar-refractivity contribution in [2.45, 2.75) is 185 Å². The number of hydrogen-bond acceptors (Lipinski definition) is 14. The summed E-state index contributed by atoms with van der Waals surface area (Å²) >= 11 is 0. The van der Waals surface area contributed by atoms with Crippen molar-refractivity contribution in [2.75, 3.05) is 27.7 Å². The molecule has 0 bridgehead atoms. The number of rotatable bonds is 7. The molecule has 3 aliphatic rings. The summed E-state index contributed by atoms with van der Waals surface area (Å²) < 4.78 is 37.3. The third-order valence-corrected chi connectivity index (χ3v) is 11.9. The predicted molar refractivity (Wildman–Crippen MR) is 193 cm³/mol. The molecular weight excluding hydrogens is 680 g/mol. The standard InChI is InChI=1S/C37H70N2O12.H2O/c1-14-26-37(10,45)30(41)23(6)39(12)18-19(2)16-35(8,44)32(51-34-28(40)25(38-11)15-20(3)47-34)21(4)29(22(5)33(43)49-26)50-27-17-36(9,46-13)31(42)24(7)48-27;/h19-32,34,38,40-42,44-45H,14-18H2,1-13H3;1H2/t19-,20-,21+,22-,23-,24+,25+,26-,27+,28-,29?,30-,31+,32-,34+,35-,36-,37-;/m1./s1. The van der Waals surface area contributed by atoms with Crippen LogP contribution in [0, 0.1) is 17.8 Å². The quantitative estimate of drug-likeness (QED) is 0.198. The molecule has 0 radical (unpaired) electrons. The zero-order valence-corrected chi connectivity index (χ0v) is 33.7. The van der Waals surface area contributed by atoms with E-state index in [1.807, 2.05) is 32.7 Å². The molecule has 15 heteroatoms. The Morgan fingerprint density at radius 1 is 0.962 bits per heavy atom. The molecule has 308 valence electrons. The smallest absolute Gasteiger partial charge is 0.311 e. The minimum Gasteiger partial charge on any atom is -0.459 e. The highest BCUT2D eigenvalue weighted by Crippen LogP contribution is 2.40. The lowest BCUT2D eigenvalue weighted by atomic mass is 9.77. The molecule has 0 aromatic carbocycles. The van der Waals surface area contributed by atoms with Gasteiger partial charge >= 0.3 is 5.97 Å². The molecule has 0 amide bonds. The Hall–Kier alpha value is -1.05. The Bertz CT molecular complexity index is 1120. The Balaban J connectivity index is 0.00000936. The average Bonchev–Trinajstić information content (AvgIpc) is 3.05. The van der Waals surface area contributed by atoms with E-state index in [9.17, 15) is 30.3 Å². The lowest BCUT2D eigenvalue weighted by molar-refractivity contribution is -0.316. The molecule has 8 N–H and O–H groups in total. The molecule has 3 saturated heterocycles. The van der Waals surface area contributed by atoms with E-state index in [4.69, 9.17) is 28.4 Å². The van der Waals surface area contributed by atoms with Gasteiger partial charge in [-0.2, -0.15) is 0 Å². The zero-order chi connectivity index (χ0) is 38.8. The lowest BCUT2D eigenvalue weighted by Gasteiger charge is -2.48. The fraction of sp³-hybridized carbons (Fsp3) is 0.973. The highest BCUT2D eigenvalue weighted by Gasteiger charge is 2.52. The normalized spacial score (nSPS) is 49.3. The number of hydrogen-bond donors (Lipinski definition) is 6. The highest BCUT2D eigenvalue weighted by atomic mass is 16.7. The molecular formula is C37H72N2O13. The summed E-state index contributed by atoms with van der Waals surface area (Å²) in [4.78, 5) is 16.1. The van der Waals surface area contributed by atoms with Gasteiger partial charge in [0, 0.05) is 38.1 Å². The van der Waals surface area contributed by atoms with Crippen LogP contribution in [-0.4, -0.2) is 160 Å². The van der Waals surface area contributed by atoms with E-state index < -0.39 is 96.0 Å². The van der Waals surface area contributed by atoms with Crippen LogP contribution < -0.4 is 5.32 Å². The number of ether oxygens (including phenoxy) is 6. The number of nitrogens with one attached hydrogen (secondary N) is 1. The topological polar surface area (TPSA) is 220 Å². The molecule has 0 spiro atoms. The van der Waals surface area contributed by atoms with Crippen LogP contribution in [0.3, 0.4) is 0 Å². The molecule has 1 unspecified atom stereocenters. The number of aliphatic hydroxyl groups is 5. The maximum absolute atomic E-state index is 14.2. The van der Waals surface area contributed by atoms with Gasteiger partial charge in [-0.05, 0) is 87.7 Å². The van der Waals surface area contributed by atoms with Gasteiger partial charge in [0.05, 0.1) is 41.5 Å². The molecule has 18 atom stereocenters. The molecule has 52 heavy (non-hydrogen) atoms. The Morgan fingerprint density at radius 2 is 1.58 bits per heavy atom. The Morgan fingerprint density at radius 3 is 2.13 bits per heavy atom. The summed E-state index contributed by atoms with van der Waals surface area (Å²) in [5.41, 5.74) is -4.37. The monoisotopic (exact) mass is 753 g/mol. The van der Waals surface area contributed by atoms with Crippen molar-refractivity contribution in [2.24, 2.45) is 17.8 Å². The summed E-state index contributed by atoms with van der Waals surface area (Å²) in [6.07, 6.45) is -8.24. The van der Waals surface area contributed by atoms with Crippen LogP contribution in [0.5, 0.6) is 0 Å². The van der Waals surface area contributed by atoms with Gasteiger partial charge < -0.3 is 69.6 Å². The van der Waals surface area contributed by atoms with E-state index in [-0.39, 0.29) is 42.8 Å². The second-order valence-electron chi connectivity index (χ2n) is 16.5. The first-order valence-corrected chi connectivity index (χ1v) is 18.8. The number of aliphatic hydroxyl groups excluding tert-OH is 3. The van der Waals surface area contributed by atoms with Crippen LogP contribution in [0.15, 0.2) is 0 Å². The van der Waals surface area contributed by atoms with Crippen molar-refractivity contribution in [3.8, 4) is 0 Å². The van der Waals surface area contributed by atoms with Crippen molar-refractivity contribution >= 4 is 5.97 Å². The number of likely N-dealkylation sites (N-methyl/N-ethyl adjacent to an activating group) is 2. The molecule has 0 aromatic rings. The molecule has 3 heterocycles. The third-order valence-electron chi connectivity index (χ3n) is 11.9. The molecule has 15 nitrogen and oxygen atoms in total. The molecule has 3 fully saturated rings. The van der Waals surface area contributed by atoms with Crippen LogP contribution in [0.25, 0.3) is 0 Å². The van der Waals surface area contributed by atoms with Crippen LogP contribution in [0.1, 0.15) is 94.9 Å². The number of esters is 1. The van der Waals surface area contributed by atoms with Crippen LogP contribution in [0.2, 0.25) is 0 Å². The maximum Gasteiger partial charge on any atom is 0.311 e. The first kappa shape index (κ1) is 47.1. The second-order valence-corrected chi connectivity index (χ2v) is 16.5. The zero-order valence-electron chi connectivity index (χ0n) is 33.7.